The van der Waals surface area contributed by atoms with E-state index in [9.17, 15) is 5.11 Å². The highest BCUT2D eigenvalue weighted by Gasteiger charge is 2.07. The van der Waals surface area contributed by atoms with Crippen LogP contribution in [0, 0.1) is 0 Å². The van der Waals surface area contributed by atoms with E-state index in [-0.39, 0.29) is 11.8 Å². The summed E-state index contributed by atoms with van der Waals surface area (Å²) in [5, 5.41) is 13.7. The summed E-state index contributed by atoms with van der Waals surface area (Å²) in [6, 6.07) is 9.13. The van der Waals surface area contributed by atoms with E-state index in [0.717, 1.165) is 11.1 Å². The lowest BCUT2D eigenvalue weighted by Gasteiger charge is -2.14. The Labute approximate surface area is 111 Å². The van der Waals surface area contributed by atoms with Crippen molar-refractivity contribution in [3.05, 3.63) is 58.9 Å². The molecule has 0 aliphatic rings. The summed E-state index contributed by atoms with van der Waals surface area (Å²) >= 11 is 5.90. The molecule has 0 amide bonds. The van der Waals surface area contributed by atoms with Gasteiger partial charge in [-0.15, -0.1) is 0 Å². The summed E-state index contributed by atoms with van der Waals surface area (Å²) in [5.41, 5.74) is 1.90. The van der Waals surface area contributed by atoms with Crippen molar-refractivity contribution in [2.45, 2.75) is 19.5 Å². The van der Waals surface area contributed by atoms with E-state index in [1.54, 1.807) is 24.4 Å². The molecule has 0 bridgehead atoms. The van der Waals surface area contributed by atoms with Crippen molar-refractivity contribution in [2.24, 2.45) is 0 Å². The van der Waals surface area contributed by atoms with Crippen LogP contribution in [0.25, 0.3) is 0 Å². The number of phenols is 1. The fourth-order valence-corrected chi connectivity index (χ4v) is 1.90. The first-order chi connectivity index (χ1) is 8.66. The van der Waals surface area contributed by atoms with Crippen LogP contribution in [0.5, 0.6) is 5.75 Å². The maximum atomic E-state index is 9.71. The number of rotatable bonds is 4. The van der Waals surface area contributed by atoms with E-state index < -0.39 is 0 Å². The zero-order valence-corrected chi connectivity index (χ0v) is 10.9. The monoisotopic (exact) mass is 262 g/mol. The third-order valence-electron chi connectivity index (χ3n) is 2.82. The van der Waals surface area contributed by atoms with Crippen LogP contribution in [-0.4, -0.2) is 10.1 Å². The quantitative estimate of drug-likeness (QED) is 0.889. The molecule has 0 radical (unpaired) electrons. The summed E-state index contributed by atoms with van der Waals surface area (Å²) in [6.45, 7) is 2.61. The lowest BCUT2D eigenvalue weighted by molar-refractivity contribution is 0.460. The smallest absolute Gasteiger partial charge is 0.120 e. The molecule has 94 valence electrons. The molecule has 0 fully saturated rings. The standard InChI is InChI=1S/C14H15ClN2O/c1-10(11-3-2-6-16-8-11)17-9-12-7-13(15)4-5-14(12)18/h2-8,10,17-18H,9H2,1H3/t10-/m0/s1. The molecule has 0 spiro atoms. The third-order valence-corrected chi connectivity index (χ3v) is 3.06. The van der Waals surface area contributed by atoms with Gasteiger partial charge in [-0.3, -0.25) is 4.98 Å². The molecule has 0 unspecified atom stereocenters. The van der Waals surface area contributed by atoms with Gasteiger partial charge in [-0.25, -0.2) is 0 Å². The molecule has 0 aliphatic carbocycles. The lowest BCUT2D eigenvalue weighted by Crippen LogP contribution is -2.18. The number of pyridine rings is 1. The first-order valence-corrected chi connectivity index (χ1v) is 6.15. The highest BCUT2D eigenvalue weighted by molar-refractivity contribution is 6.30. The van der Waals surface area contributed by atoms with E-state index in [1.165, 1.54) is 0 Å². The van der Waals surface area contributed by atoms with Crippen molar-refractivity contribution < 1.29 is 5.11 Å². The van der Waals surface area contributed by atoms with Crippen molar-refractivity contribution in [1.29, 1.82) is 0 Å². The highest BCUT2D eigenvalue weighted by atomic mass is 35.5. The number of hydrogen-bond donors (Lipinski definition) is 2. The van der Waals surface area contributed by atoms with Crippen LogP contribution < -0.4 is 5.32 Å². The zero-order valence-electron chi connectivity index (χ0n) is 10.1. The topological polar surface area (TPSA) is 45.1 Å². The van der Waals surface area contributed by atoms with Gasteiger partial charge in [-0.2, -0.15) is 0 Å². The van der Waals surface area contributed by atoms with Crippen molar-refractivity contribution in [3.63, 3.8) is 0 Å². The number of aromatic hydroxyl groups is 1. The zero-order chi connectivity index (χ0) is 13.0. The van der Waals surface area contributed by atoms with E-state index in [0.29, 0.717) is 11.6 Å². The van der Waals surface area contributed by atoms with Gasteiger partial charge >= 0.3 is 0 Å². The maximum Gasteiger partial charge on any atom is 0.120 e. The second-order valence-electron chi connectivity index (χ2n) is 4.16. The van der Waals surface area contributed by atoms with E-state index in [2.05, 4.69) is 17.2 Å². The Bertz CT molecular complexity index is 516. The van der Waals surface area contributed by atoms with Crippen LogP contribution >= 0.6 is 11.6 Å². The summed E-state index contributed by atoms with van der Waals surface area (Å²) in [7, 11) is 0. The Morgan fingerprint density at radius 1 is 1.39 bits per heavy atom. The molecule has 2 N–H and O–H groups in total. The summed E-state index contributed by atoms with van der Waals surface area (Å²) in [6.07, 6.45) is 3.58. The maximum absolute atomic E-state index is 9.71. The highest BCUT2D eigenvalue weighted by Crippen LogP contribution is 2.22. The molecule has 1 aromatic heterocycles. The minimum atomic E-state index is 0.164. The van der Waals surface area contributed by atoms with E-state index in [1.807, 2.05) is 18.3 Å². The molecule has 0 saturated carbocycles. The van der Waals surface area contributed by atoms with Crippen LogP contribution in [0.2, 0.25) is 5.02 Å². The largest absolute Gasteiger partial charge is 0.508 e. The fraction of sp³-hybridized carbons (Fsp3) is 0.214. The first-order valence-electron chi connectivity index (χ1n) is 5.77. The molecule has 1 heterocycles. The molecular formula is C14H15ClN2O. The number of phenolic OH excluding ortho intramolecular Hbond substituents is 1. The minimum Gasteiger partial charge on any atom is -0.508 e. The van der Waals surface area contributed by atoms with Crippen molar-refractivity contribution >= 4 is 11.6 Å². The van der Waals surface area contributed by atoms with Crippen molar-refractivity contribution in [3.8, 4) is 5.75 Å². The average molecular weight is 263 g/mol. The van der Waals surface area contributed by atoms with Crippen molar-refractivity contribution in [1.82, 2.24) is 10.3 Å². The lowest BCUT2D eigenvalue weighted by atomic mass is 10.1. The molecule has 1 atom stereocenters. The molecule has 3 nitrogen and oxygen atoms in total. The first kappa shape index (κ1) is 12.9. The number of nitrogens with zero attached hydrogens (tertiary/aromatic N) is 1. The van der Waals surface area contributed by atoms with Crippen molar-refractivity contribution in [2.75, 3.05) is 0 Å². The predicted octanol–water partition coefficient (Wildman–Crippen LogP) is 3.29. The van der Waals surface area contributed by atoms with Crippen LogP contribution in [0.3, 0.4) is 0 Å². The molecule has 2 rings (SSSR count). The van der Waals surface area contributed by atoms with Crippen LogP contribution in [0.1, 0.15) is 24.1 Å². The van der Waals surface area contributed by atoms with E-state index in [4.69, 9.17) is 11.6 Å². The molecule has 18 heavy (non-hydrogen) atoms. The van der Waals surface area contributed by atoms with Gasteiger partial charge < -0.3 is 10.4 Å². The average Bonchev–Trinajstić information content (AvgIpc) is 2.40. The Balaban J connectivity index is 2.01. The second-order valence-corrected chi connectivity index (χ2v) is 4.60. The van der Waals surface area contributed by atoms with Gasteiger partial charge in [0.05, 0.1) is 0 Å². The SMILES string of the molecule is C[C@H](NCc1cc(Cl)ccc1O)c1cccnc1. The number of nitrogens with one attached hydrogen (secondary N) is 1. The van der Waals surface area contributed by atoms with Gasteiger partial charge in [-0.05, 0) is 36.8 Å². The van der Waals surface area contributed by atoms with Crippen LogP contribution in [0.4, 0.5) is 0 Å². The van der Waals surface area contributed by atoms with Gasteiger partial charge in [0.25, 0.3) is 0 Å². The fourth-order valence-electron chi connectivity index (χ4n) is 1.71. The van der Waals surface area contributed by atoms with Gasteiger partial charge in [0.2, 0.25) is 0 Å². The van der Waals surface area contributed by atoms with Gasteiger partial charge in [-0.1, -0.05) is 17.7 Å². The van der Waals surface area contributed by atoms with Gasteiger partial charge in [0.15, 0.2) is 0 Å². The molecule has 1 aromatic carbocycles. The number of benzene rings is 1. The van der Waals surface area contributed by atoms with Crippen LogP contribution in [0.15, 0.2) is 42.7 Å². The predicted molar refractivity (Wildman–Crippen MR) is 72.6 cm³/mol. The minimum absolute atomic E-state index is 0.164. The number of aromatic nitrogens is 1. The normalized spacial score (nSPS) is 12.3. The molecule has 2 aromatic rings. The summed E-state index contributed by atoms with van der Waals surface area (Å²) in [5.74, 6) is 0.255. The number of hydrogen-bond acceptors (Lipinski definition) is 3. The number of halogens is 1. The second kappa shape index (κ2) is 5.85. The molecule has 0 saturated heterocycles. The Kier molecular flexibility index (Phi) is 4.18. The van der Waals surface area contributed by atoms with E-state index >= 15 is 0 Å². The van der Waals surface area contributed by atoms with Gasteiger partial charge in [0, 0.05) is 35.6 Å². The van der Waals surface area contributed by atoms with Crippen LogP contribution in [-0.2, 0) is 6.54 Å². The Morgan fingerprint density at radius 2 is 2.22 bits per heavy atom. The summed E-state index contributed by atoms with van der Waals surface area (Å²) < 4.78 is 0. The van der Waals surface area contributed by atoms with Gasteiger partial charge in [0.1, 0.15) is 5.75 Å². The molecule has 4 heteroatoms. The Hall–Kier alpha value is -1.58. The molecular weight excluding hydrogens is 248 g/mol. The summed E-state index contributed by atoms with van der Waals surface area (Å²) in [4.78, 5) is 4.08. The Morgan fingerprint density at radius 3 is 2.94 bits per heavy atom. The third kappa shape index (κ3) is 3.22. The molecule has 0 aliphatic heterocycles.